The smallest absolute Gasteiger partial charge is 0.241 e. The van der Waals surface area contributed by atoms with Gasteiger partial charge in [-0.05, 0) is 0 Å². The predicted molar refractivity (Wildman–Crippen MR) is 32.0 cm³/mol. The van der Waals surface area contributed by atoms with E-state index in [2.05, 4.69) is 22.9 Å². The SMILES string of the molecule is C=C(Cl)[C@](F)(OC(F)(F)F)C(F)(F)F. The first kappa shape index (κ1) is 13.5. The highest BCUT2D eigenvalue weighted by atomic mass is 35.5. The molecule has 9 heteroatoms. The van der Waals surface area contributed by atoms with Gasteiger partial charge in [-0.2, -0.15) is 17.6 Å². The molecule has 0 aliphatic rings. The molecule has 0 aromatic carbocycles. The lowest BCUT2D eigenvalue weighted by atomic mass is 10.3. The molecule has 84 valence electrons. The first-order valence-electron chi connectivity index (χ1n) is 2.77. The molecule has 0 heterocycles. The van der Waals surface area contributed by atoms with Crippen molar-refractivity contribution in [2.24, 2.45) is 0 Å². The average Bonchev–Trinajstić information content (AvgIpc) is 1.79. The van der Waals surface area contributed by atoms with Gasteiger partial charge in [0.25, 0.3) is 0 Å². The maximum absolute atomic E-state index is 12.6. The fourth-order valence-electron chi connectivity index (χ4n) is 0.426. The molecule has 0 saturated carbocycles. The predicted octanol–water partition coefficient (Wildman–Crippen LogP) is 3.50. The monoisotopic (exact) mass is 246 g/mol. The Hall–Kier alpha value is -0.500. The lowest BCUT2D eigenvalue weighted by Gasteiger charge is -2.27. The first-order valence-corrected chi connectivity index (χ1v) is 3.15. The zero-order chi connectivity index (χ0) is 11.8. The van der Waals surface area contributed by atoms with Crippen molar-refractivity contribution >= 4 is 11.6 Å². The first-order chi connectivity index (χ1) is 5.90. The van der Waals surface area contributed by atoms with Crippen LogP contribution in [0.25, 0.3) is 0 Å². The summed E-state index contributed by atoms with van der Waals surface area (Å²) in [5, 5.41) is -1.96. The van der Waals surface area contributed by atoms with Crippen molar-refractivity contribution < 1.29 is 35.5 Å². The van der Waals surface area contributed by atoms with Gasteiger partial charge in [0.2, 0.25) is 0 Å². The summed E-state index contributed by atoms with van der Waals surface area (Å²) in [5.41, 5.74) is 0. The normalized spacial score (nSPS) is 17.7. The average molecular weight is 247 g/mol. The minimum Gasteiger partial charge on any atom is -0.241 e. The summed E-state index contributed by atoms with van der Waals surface area (Å²) in [6.45, 7) is 2.22. The Labute approximate surface area is 78.1 Å². The van der Waals surface area contributed by atoms with Crippen LogP contribution in [0, 0.1) is 0 Å². The van der Waals surface area contributed by atoms with Gasteiger partial charge in [0.15, 0.2) is 0 Å². The van der Waals surface area contributed by atoms with Gasteiger partial charge >= 0.3 is 18.4 Å². The molecule has 0 spiro atoms. The van der Waals surface area contributed by atoms with Gasteiger partial charge in [0.05, 0.1) is 5.03 Å². The Balaban J connectivity index is 5.04. The third-order valence-electron chi connectivity index (χ3n) is 0.970. The van der Waals surface area contributed by atoms with Crippen LogP contribution in [0.1, 0.15) is 0 Å². The highest BCUT2D eigenvalue weighted by Gasteiger charge is 2.64. The number of ether oxygens (including phenoxy) is 1. The number of halogens is 8. The Morgan fingerprint density at radius 2 is 1.36 bits per heavy atom. The molecule has 14 heavy (non-hydrogen) atoms. The second-order valence-electron chi connectivity index (χ2n) is 2.05. The van der Waals surface area contributed by atoms with Gasteiger partial charge in [0.1, 0.15) is 0 Å². The molecule has 0 saturated heterocycles. The van der Waals surface area contributed by atoms with Crippen LogP contribution in [-0.4, -0.2) is 18.4 Å². The maximum atomic E-state index is 12.6. The summed E-state index contributed by atoms with van der Waals surface area (Å²) in [5.74, 6) is -5.13. The standard InChI is InChI=1S/C5H2ClF7O/c1-2(6)3(7,4(8,9)10)14-5(11,12)13/h1H2/t3-/m0/s1. The Kier molecular flexibility index (Phi) is 3.45. The second kappa shape index (κ2) is 3.58. The number of hydrogen-bond acceptors (Lipinski definition) is 1. The van der Waals surface area contributed by atoms with Gasteiger partial charge in [-0.15, -0.1) is 13.2 Å². The number of rotatable bonds is 2. The maximum Gasteiger partial charge on any atom is 0.525 e. The van der Waals surface area contributed by atoms with Crippen LogP contribution in [0.5, 0.6) is 0 Å². The molecule has 0 fully saturated rings. The highest BCUT2D eigenvalue weighted by molar-refractivity contribution is 6.30. The van der Waals surface area contributed by atoms with Crippen LogP contribution in [0.2, 0.25) is 0 Å². The number of alkyl halides is 7. The quantitative estimate of drug-likeness (QED) is 0.678. The van der Waals surface area contributed by atoms with Crippen molar-refractivity contribution in [3.8, 4) is 0 Å². The van der Waals surface area contributed by atoms with Crippen LogP contribution < -0.4 is 0 Å². The third-order valence-corrected chi connectivity index (χ3v) is 1.21. The van der Waals surface area contributed by atoms with Gasteiger partial charge < -0.3 is 0 Å². The molecule has 0 rings (SSSR count). The Bertz CT molecular complexity index is 231. The van der Waals surface area contributed by atoms with Crippen LogP contribution >= 0.6 is 11.6 Å². The van der Waals surface area contributed by atoms with E-state index in [4.69, 9.17) is 0 Å². The second-order valence-corrected chi connectivity index (χ2v) is 2.50. The molecule has 0 N–H and O–H groups in total. The van der Waals surface area contributed by atoms with Crippen molar-refractivity contribution in [2.45, 2.75) is 18.4 Å². The minimum absolute atomic E-state index is 1.96. The molecule has 1 atom stereocenters. The summed E-state index contributed by atoms with van der Waals surface area (Å²) in [6.07, 6.45) is -11.8. The van der Waals surface area contributed by atoms with E-state index < -0.39 is 23.4 Å². The van der Waals surface area contributed by atoms with Crippen molar-refractivity contribution in [3.63, 3.8) is 0 Å². The van der Waals surface area contributed by atoms with E-state index in [1.54, 1.807) is 0 Å². The van der Waals surface area contributed by atoms with Gasteiger partial charge in [-0.25, -0.2) is 4.74 Å². The van der Waals surface area contributed by atoms with Crippen LogP contribution in [0.3, 0.4) is 0 Å². The molecule has 0 bridgehead atoms. The molecule has 0 aliphatic carbocycles. The molecule has 0 unspecified atom stereocenters. The van der Waals surface area contributed by atoms with E-state index in [0.29, 0.717) is 0 Å². The topological polar surface area (TPSA) is 9.23 Å². The van der Waals surface area contributed by atoms with E-state index in [-0.39, 0.29) is 0 Å². The van der Waals surface area contributed by atoms with Crippen molar-refractivity contribution in [2.75, 3.05) is 0 Å². The molecule has 1 nitrogen and oxygen atoms in total. The zero-order valence-corrected chi connectivity index (χ0v) is 6.89. The van der Waals surface area contributed by atoms with Gasteiger partial charge in [0, 0.05) is 0 Å². The van der Waals surface area contributed by atoms with Crippen LogP contribution in [0.15, 0.2) is 11.6 Å². The van der Waals surface area contributed by atoms with E-state index in [0.717, 1.165) is 0 Å². The summed E-state index contributed by atoms with van der Waals surface area (Å²) >= 11 is 4.46. The van der Waals surface area contributed by atoms with E-state index >= 15 is 0 Å². The van der Waals surface area contributed by atoms with Crippen molar-refractivity contribution in [1.82, 2.24) is 0 Å². The summed E-state index contributed by atoms with van der Waals surface area (Å²) < 4.78 is 84.2. The van der Waals surface area contributed by atoms with Gasteiger partial charge in [-0.1, -0.05) is 18.2 Å². The zero-order valence-electron chi connectivity index (χ0n) is 6.14. The van der Waals surface area contributed by atoms with Crippen molar-refractivity contribution in [3.05, 3.63) is 11.6 Å². The summed E-state index contributed by atoms with van der Waals surface area (Å²) in [4.78, 5) is 0. The van der Waals surface area contributed by atoms with E-state index in [9.17, 15) is 30.7 Å². The Morgan fingerprint density at radius 3 is 1.43 bits per heavy atom. The molecular formula is C5H2ClF7O. The molecule has 0 radical (unpaired) electrons. The lowest BCUT2D eigenvalue weighted by molar-refractivity contribution is -0.433. The number of hydrogen-bond donors (Lipinski definition) is 0. The van der Waals surface area contributed by atoms with Crippen LogP contribution in [0.4, 0.5) is 30.7 Å². The largest absolute Gasteiger partial charge is 0.525 e. The Morgan fingerprint density at radius 1 is 1.00 bits per heavy atom. The lowest BCUT2D eigenvalue weighted by Crippen LogP contribution is -2.47. The third kappa shape index (κ3) is 3.02. The molecule has 0 amide bonds. The fraction of sp³-hybridized carbons (Fsp3) is 0.600. The highest BCUT2D eigenvalue weighted by Crippen LogP contribution is 2.45. The van der Waals surface area contributed by atoms with Crippen LogP contribution in [-0.2, 0) is 4.74 Å². The summed E-state index contributed by atoms with van der Waals surface area (Å²) in [6, 6.07) is 0. The molecular weight excluding hydrogens is 244 g/mol. The summed E-state index contributed by atoms with van der Waals surface area (Å²) in [7, 11) is 0. The molecule has 0 aromatic heterocycles. The van der Waals surface area contributed by atoms with E-state index in [1.165, 1.54) is 0 Å². The van der Waals surface area contributed by atoms with E-state index in [1.807, 2.05) is 0 Å². The van der Waals surface area contributed by atoms with Gasteiger partial charge in [-0.3, -0.25) is 0 Å². The molecule has 0 aliphatic heterocycles. The minimum atomic E-state index is -5.96. The molecule has 0 aromatic rings. The fourth-order valence-corrected chi connectivity index (χ4v) is 0.572. The van der Waals surface area contributed by atoms with Crippen molar-refractivity contribution in [1.29, 1.82) is 0 Å².